The summed E-state index contributed by atoms with van der Waals surface area (Å²) < 4.78 is 7.13. The highest BCUT2D eigenvalue weighted by Gasteiger charge is 2.20. The summed E-state index contributed by atoms with van der Waals surface area (Å²) in [5, 5.41) is 8.81. The van der Waals surface area contributed by atoms with Gasteiger partial charge in [-0.1, -0.05) is 110 Å². The number of allylic oxidation sites excluding steroid dienone is 3. The fourth-order valence-electron chi connectivity index (χ4n) is 8.19. The monoisotopic (exact) mass is 639 g/mol. The van der Waals surface area contributed by atoms with Gasteiger partial charge < -0.3 is 13.7 Å². The molecule has 0 fully saturated rings. The van der Waals surface area contributed by atoms with Gasteiger partial charge in [-0.2, -0.15) is 0 Å². The van der Waals surface area contributed by atoms with E-state index in [2.05, 4.69) is 191 Å². The standard InChI is InChI=1S/C47H33N3/c1-3-12-31(2)49-42-20-10-9-19-38(42)39-23-22-35(30-45(39)49)48-28-27-40-41(48)25-26-44-47(40)46-37-18-8-7-15-33(37)21-24-43(46)50(44)36-17-11-16-34(29-36)32-13-5-4-6-14-32/h3-30H,1H2,2H3/b31-12+. The number of fused-ring (bicyclic) bond motifs is 10. The lowest BCUT2D eigenvalue weighted by molar-refractivity contribution is 1.12. The first kappa shape index (κ1) is 28.4. The molecule has 0 aliphatic rings. The summed E-state index contributed by atoms with van der Waals surface area (Å²) in [5.41, 5.74) is 11.8. The second-order valence-corrected chi connectivity index (χ2v) is 13.1. The summed E-state index contributed by atoms with van der Waals surface area (Å²) in [6, 6.07) is 55.3. The maximum atomic E-state index is 3.97. The van der Waals surface area contributed by atoms with Gasteiger partial charge in [-0.15, -0.1) is 0 Å². The highest BCUT2D eigenvalue weighted by atomic mass is 15.0. The van der Waals surface area contributed by atoms with E-state index < -0.39 is 0 Å². The van der Waals surface area contributed by atoms with Gasteiger partial charge in [0.2, 0.25) is 0 Å². The summed E-state index contributed by atoms with van der Waals surface area (Å²) in [5.74, 6) is 0. The summed E-state index contributed by atoms with van der Waals surface area (Å²) in [6.45, 7) is 6.12. The van der Waals surface area contributed by atoms with Gasteiger partial charge in [0, 0.05) is 50.2 Å². The highest BCUT2D eigenvalue weighted by molar-refractivity contribution is 6.28. The quantitative estimate of drug-likeness (QED) is 0.166. The number of para-hydroxylation sites is 1. The van der Waals surface area contributed by atoms with E-state index in [0.717, 1.165) is 17.1 Å². The average Bonchev–Trinajstić information content (AvgIpc) is 3.85. The molecule has 236 valence electrons. The van der Waals surface area contributed by atoms with Crippen LogP contribution in [0, 0.1) is 0 Å². The number of rotatable bonds is 5. The van der Waals surface area contributed by atoms with Crippen molar-refractivity contribution in [2.24, 2.45) is 0 Å². The average molecular weight is 640 g/mol. The Balaban J connectivity index is 1.25. The Morgan fingerprint density at radius 1 is 0.500 bits per heavy atom. The number of benzene rings is 7. The lowest BCUT2D eigenvalue weighted by Crippen LogP contribution is -1.96. The molecule has 0 saturated carbocycles. The minimum absolute atomic E-state index is 1.13. The molecule has 10 aromatic rings. The Bertz CT molecular complexity index is 3000. The van der Waals surface area contributed by atoms with Crippen molar-refractivity contribution in [3.8, 4) is 22.5 Å². The van der Waals surface area contributed by atoms with E-state index in [1.807, 2.05) is 6.08 Å². The molecule has 0 aliphatic heterocycles. The molecule has 0 saturated heterocycles. The summed E-state index contributed by atoms with van der Waals surface area (Å²) in [4.78, 5) is 0. The molecule has 0 bridgehead atoms. The Labute approximate surface area is 289 Å². The normalized spacial score (nSPS) is 12.3. The third-order valence-corrected chi connectivity index (χ3v) is 10.3. The fourth-order valence-corrected chi connectivity index (χ4v) is 8.19. The smallest absolute Gasteiger partial charge is 0.0558 e. The van der Waals surface area contributed by atoms with Gasteiger partial charge in [-0.05, 0) is 89.5 Å². The van der Waals surface area contributed by atoms with Crippen LogP contribution in [0.2, 0.25) is 0 Å². The molecule has 0 spiro atoms. The van der Waals surface area contributed by atoms with Crippen molar-refractivity contribution < 1.29 is 0 Å². The zero-order valence-corrected chi connectivity index (χ0v) is 27.7. The Kier molecular flexibility index (Phi) is 6.24. The third-order valence-electron chi connectivity index (χ3n) is 10.3. The molecule has 3 nitrogen and oxygen atoms in total. The Morgan fingerprint density at radius 2 is 1.20 bits per heavy atom. The van der Waals surface area contributed by atoms with E-state index in [-0.39, 0.29) is 0 Å². The van der Waals surface area contributed by atoms with Crippen LogP contribution in [0.5, 0.6) is 0 Å². The highest BCUT2D eigenvalue weighted by Crippen LogP contribution is 2.42. The van der Waals surface area contributed by atoms with Gasteiger partial charge in [0.15, 0.2) is 0 Å². The molecule has 3 aromatic heterocycles. The first-order valence-electron chi connectivity index (χ1n) is 17.1. The molecule has 0 atom stereocenters. The van der Waals surface area contributed by atoms with Crippen LogP contribution < -0.4 is 0 Å². The first-order valence-corrected chi connectivity index (χ1v) is 17.1. The Morgan fingerprint density at radius 3 is 2.06 bits per heavy atom. The van der Waals surface area contributed by atoms with Crippen molar-refractivity contribution in [1.29, 1.82) is 0 Å². The van der Waals surface area contributed by atoms with E-state index in [1.165, 1.54) is 76.4 Å². The lowest BCUT2D eigenvalue weighted by atomic mass is 10.0. The zero-order chi connectivity index (χ0) is 33.3. The molecule has 0 radical (unpaired) electrons. The Hall–Kier alpha value is -6.58. The predicted molar refractivity (Wildman–Crippen MR) is 214 cm³/mol. The van der Waals surface area contributed by atoms with E-state index in [1.54, 1.807) is 0 Å². The van der Waals surface area contributed by atoms with E-state index in [4.69, 9.17) is 0 Å². The molecule has 10 rings (SSSR count). The largest absolute Gasteiger partial charge is 0.316 e. The molecule has 0 unspecified atom stereocenters. The summed E-state index contributed by atoms with van der Waals surface area (Å²) >= 11 is 0. The van der Waals surface area contributed by atoms with Crippen LogP contribution in [0.1, 0.15) is 6.92 Å². The second kappa shape index (κ2) is 11.0. The van der Waals surface area contributed by atoms with Crippen molar-refractivity contribution >= 4 is 71.0 Å². The van der Waals surface area contributed by atoms with Crippen molar-refractivity contribution in [3.05, 3.63) is 177 Å². The lowest BCUT2D eigenvalue weighted by Gasteiger charge is -2.11. The molecule has 50 heavy (non-hydrogen) atoms. The predicted octanol–water partition coefficient (Wildman–Crippen LogP) is 12.7. The molecule has 0 aliphatic carbocycles. The van der Waals surface area contributed by atoms with Gasteiger partial charge in [-0.3, -0.25) is 0 Å². The third kappa shape index (κ3) is 4.10. The molecule has 7 aromatic carbocycles. The molecule has 0 amide bonds. The van der Waals surface area contributed by atoms with Crippen molar-refractivity contribution in [2.75, 3.05) is 0 Å². The van der Waals surface area contributed by atoms with Crippen molar-refractivity contribution in [3.63, 3.8) is 0 Å². The maximum Gasteiger partial charge on any atom is 0.0558 e. The van der Waals surface area contributed by atoms with E-state index >= 15 is 0 Å². The minimum atomic E-state index is 1.13. The van der Waals surface area contributed by atoms with Crippen molar-refractivity contribution in [1.82, 2.24) is 13.7 Å². The van der Waals surface area contributed by atoms with Crippen LogP contribution in [0.25, 0.3) is 93.5 Å². The van der Waals surface area contributed by atoms with Gasteiger partial charge in [0.25, 0.3) is 0 Å². The van der Waals surface area contributed by atoms with Crippen LogP contribution in [0.4, 0.5) is 0 Å². The van der Waals surface area contributed by atoms with Crippen LogP contribution in [0.3, 0.4) is 0 Å². The van der Waals surface area contributed by atoms with E-state index in [9.17, 15) is 0 Å². The zero-order valence-electron chi connectivity index (χ0n) is 27.7. The molecule has 0 N–H and O–H groups in total. The number of hydrogen-bond acceptors (Lipinski definition) is 0. The number of nitrogens with zero attached hydrogens (tertiary/aromatic N) is 3. The van der Waals surface area contributed by atoms with Gasteiger partial charge in [0.05, 0.1) is 27.6 Å². The SMILES string of the molecule is C=C/C=C(\C)n1c2ccccc2c2ccc(-n3ccc4c5c6c7ccccc7ccc6n(-c6cccc(-c7ccccc7)c6)c5ccc43)cc21. The fraction of sp³-hybridized carbons (Fsp3) is 0.0213. The summed E-state index contributed by atoms with van der Waals surface area (Å²) in [7, 11) is 0. The van der Waals surface area contributed by atoms with Crippen molar-refractivity contribution in [2.45, 2.75) is 6.92 Å². The second-order valence-electron chi connectivity index (χ2n) is 13.1. The minimum Gasteiger partial charge on any atom is -0.316 e. The molecular formula is C47H33N3. The number of aromatic nitrogens is 3. The first-order chi connectivity index (χ1) is 24.7. The topological polar surface area (TPSA) is 14.8 Å². The number of hydrogen-bond donors (Lipinski definition) is 0. The van der Waals surface area contributed by atoms with Gasteiger partial charge in [-0.25, -0.2) is 0 Å². The van der Waals surface area contributed by atoms with Crippen LogP contribution >= 0.6 is 0 Å². The van der Waals surface area contributed by atoms with Gasteiger partial charge in [0.1, 0.15) is 0 Å². The maximum absolute atomic E-state index is 3.97. The van der Waals surface area contributed by atoms with Crippen LogP contribution in [-0.4, -0.2) is 13.7 Å². The van der Waals surface area contributed by atoms with E-state index in [0.29, 0.717) is 0 Å². The van der Waals surface area contributed by atoms with Crippen LogP contribution in [-0.2, 0) is 0 Å². The molecule has 3 heterocycles. The molecular weight excluding hydrogens is 607 g/mol. The van der Waals surface area contributed by atoms with Crippen LogP contribution in [0.15, 0.2) is 177 Å². The summed E-state index contributed by atoms with van der Waals surface area (Å²) in [6.07, 6.45) is 6.17. The van der Waals surface area contributed by atoms with Gasteiger partial charge >= 0.3 is 0 Å². The molecule has 3 heteroatoms.